The molecule has 38 heavy (non-hydrogen) atoms. The van der Waals surface area contributed by atoms with E-state index in [0.717, 1.165) is 28.1 Å². The van der Waals surface area contributed by atoms with E-state index < -0.39 is 11.9 Å². The van der Waals surface area contributed by atoms with Crippen LogP contribution in [0.1, 0.15) is 48.3 Å². The molecule has 6 heteroatoms. The fraction of sp³-hybridized carbons (Fsp3) is 0.250. The summed E-state index contributed by atoms with van der Waals surface area (Å²) in [7, 11) is 3.24. The van der Waals surface area contributed by atoms with E-state index in [1.807, 2.05) is 85.8 Å². The molecule has 0 unspecified atom stereocenters. The van der Waals surface area contributed by atoms with Crippen LogP contribution in [0, 0.1) is 0 Å². The highest BCUT2D eigenvalue weighted by Crippen LogP contribution is 2.47. The number of rotatable bonds is 7. The van der Waals surface area contributed by atoms with E-state index in [1.54, 1.807) is 14.2 Å². The maximum Gasteiger partial charge on any atom is 0.337 e. The van der Waals surface area contributed by atoms with E-state index in [2.05, 4.69) is 5.32 Å². The van der Waals surface area contributed by atoms with E-state index in [-0.39, 0.29) is 18.3 Å². The lowest BCUT2D eigenvalue weighted by Gasteiger charge is -2.37. The topological polar surface area (TPSA) is 73.9 Å². The van der Waals surface area contributed by atoms with Crippen molar-refractivity contribution in [3.8, 4) is 11.5 Å². The predicted octanol–water partition coefficient (Wildman–Crippen LogP) is 5.81. The first kappa shape index (κ1) is 25.3. The molecule has 0 bridgehead atoms. The maximum atomic E-state index is 13.8. The Bertz CT molecular complexity index is 1410. The standard InChI is InChI=1S/C32H31NO5/c1-20-29(32(35)38-19-21-9-5-4-6-10-21)30(25-11-7-8-12-28(25)37-3)31-26(33-20)17-23(18-27(31)34)22-13-15-24(36-2)16-14-22/h4-16,23,30,33H,17-19H2,1-3H3/t23-,30+/m0/s1. The summed E-state index contributed by atoms with van der Waals surface area (Å²) in [6.07, 6.45) is 1.01. The Morgan fingerprint density at radius 2 is 1.61 bits per heavy atom. The van der Waals surface area contributed by atoms with Gasteiger partial charge in [0.25, 0.3) is 0 Å². The minimum Gasteiger partial charge on any atom is -0.497 e. The average Bonchev–Trinajstić information content (AvgIpc) is 2.95. The first-order valence-electron chi connectivity index (χ1n) is 12.7. The summed E-state index contributed by atoms with van der Waals surface area (Å²) >= 11 is 0. The molecule has 3 aromatic carbocycles. The molecule has 5 rings (SSSR count). The van der Waals surface area contributed by atoms with Crippen molar-refractivity contribution in [2.45, 2.75) is 38.2 Å². The fourth-order valence-corrected chi connectivity index (χ4v) is 5.44. The minimum absolute atomic E-state index is 0.0105. The van der Waals surface area contributed by atoms with Gasteiger partial charge >= 0.3 is 5.97 Å². The molecular weight excluding hydrogens is 478 g/mol. The number of Topliss-reactive ketones (excluding diaryl/α,β-unsaturated/α-hetero) is 1. The number of methoxy groups -OCH3 is 2. The molecular formula is C32H31NO5. The van der Waals surface area contributed by atoms with Gasteiger partial charge in [0.15, 0.2) is 5.78 Å². The molecule has 1 aliphatic carbocycles. The number of carbonyl (C=O) groups is 2. The van der Waals surface area contributed by atoms with Crippen LogP contribution in [0.25, 0.3) is 0 Å². The molecule has 0 aromatic heterocycles. The van der Waals surface area contributed by atoms with Gasteiger partial charge in [0, 0.05) is 29.0 Å². The summed E-state index contributed by atoms with van der Waals surface area (Å²) in [5.74, 6) is 0.396. The molecule has 0 fully saturated rings. The van der Waals surface area contributed by atoms with Crippen LogP contribution >= 0.6 is 0 Å². The zero-order valence-corrected chi connectivity index (χ0v) is 21.8. The van der Waals surface area contributed by atoms with Gasteiger partial charge in [-0.3, -0.25) is 4.79 Å². The number of nitrogens with one attached hydrogen (secondary N) is 1. The predicted molar refractivity (Wildman–Crippen MR) is 145 cm³/mol. The number of dihydropyridines is 1. The second-order valence-electron chi connectivity index (χ2n) is 9.59. The van der Waals surface area contributed by atoms with Gasteiger partial charge in [-0.1, -0.05) is 60.7 Å². The van der Waals surface area contributed by atoms with Crippen molar-refractivity contribution in [3.05, 3.63) is 118 Å². The number of para-hydroxylation sites is 1. The van der Waals surface area contributed by atoms with Gasteiger partial charge in [-0.2, -0.15) is 0 Å². The minimum atomic E-state index is -0.588. The number of carbonyl (C=O) groups excluding carboxylic acids is 2. The third kappa shape index (κ3) is 4.94. The fourth-order valence-electron chi connectivity index (χ4n) is 5.44. The quantitative estimate of drug-likeness (QED) is 0.405. The highest BCUT2D eigenvalue weighted by Gasteiger charge is 2.42. The zero-order chi connectivity index (χ0) is 26.6. The molecule has 1 N–H and O–H groups in total. The summed E-state index contributed by atoms with van der Waals surface area (Å²) in [5, 5.41) is 3.41. The third-order valence-electron chi connectivity index (χ3n) is 7.30. The highest BCUT2D eigenvalue weighted by molar-refractivity contribution is 6.04. The smallest absolute Gasteiger partial charge is 0.337 e. The maximum absolute atomic E-state index is 13.8. The first-order chi connectivity index (χ1) is 18.5. The molecule has 0 saturated carbocycles. The normalized spacial score (nSPS) is 19.0. The molecule has 0 spiro atoms. The lowest BCUT2D eigenvalue weighted by atomic mass is 9.71. The van der Waals surface area contributed by atoms with E-state index in [0.29, 0.717) is 35.4 Å². The molecule has 0 saturated heterocycles. The Morgan fingerprint density at radius 3 is 2.32 bits per heavy atom. The number of ketones is 1. The van der Waals surface area contributed by atoms with Gasteiger partial charge in [0.05, 0.1) is 25.7 Å². The molecule has 1 heterocycles. The Balaban J connectivity index is 1.52. The average molecular weight is 510 g/mol. The van der Waals surface area contributed by atoms with Crippen LogP contribution in [0.4, 0.5) is 0 Å². The second-order valence-corrected chi connectivity index (χ2v) is 9.59. The number of benzene rings is 3. The monoisotopic (exact) mass is 509 g/mol. The molecule has 0 radical (unpaired) electrons. The van der Waals surface area contributed by atoms with Gasteiger partial charge < -0.3 is 19.5 Å². The van der Waals surface area contributed by atoms with Crippen molar-refractivity contribution in [2.24, 2.45) is 0 Å². The number of ether oxygens (including phenoxy) is 3. The summed E-state index contributed by atoms with van der Waals surface area (Å²) in [4.78, 5) is 27.4. The van der Waals surface area contributed by atoms with Crippen LogP contribution in [-0.4, -0.2) is 26.0 Å². The second kappa shape index (κ2) is 11.0. The Hall–Kier alpha value is -4.32. The first-order valence-corrected chi connectivity index (χ1v) is 12.7. The molecule has 1 aliphatic heterocycles. The summed E-state index contributed by atoms with van der Waals surface area (Å²) in [6.45, 7) is 2.02. The number of allylic oxidation sites excluding steroid dienone is 3. The van der Waals surface area contributed by atoms with Crippen LogP contribution in [-0.2, 0) is 20.9 Å². The SMILES string of the molecule is COc1ccc([C@@H]2CC(=O)C3=C(C2)NC(C)=C(C(=O)OCc2ccccc2)[C@H]3c2ccccc2OC)cc1. The van der Waals surface area contributed by atoms with E-state index in [9.17, 15) is 9.59 Å². The Labute approximate surface area is 222 Å². The van der Waals surface area contributed by atoms with Crippen LogP contribution in [0.3, 0.4) is 0 Å². The Morgan fingerprint density at radius 1 is 0.895 bits per heavy atom. The van der Waals surface area contributed by atoms with Crippen molar-refractivity contribution in [1.82, 2.24) is 5.32 Å². The van der Waals surface area contributed by atoms with Gasteiger partial charge in [-0.15, -0.1) is 0 Å². The van der Waals surface area contributed by atoms with Crippen LogP contribution < -0.4 is 14.8 Å². The molecule has 194 valence electrons. The van der Waals surface area contributed by atoms with Crippen molar-refractivity contribution in [1.29, 1.82) is 0 Å². The number of hydrogen-bond acceptors (Lipinski definition) is 6. The van der Waals surface area contributed by atoms with Gasteiger partial charge in [-0.05, 0) is 48.6 Å². The molecule has 0 amide bonds. The molecule has 3 aromatic rings. The number of hydrogen-bond donors (Lipinski definition) is 1. The zero-order valence-electron chi connectivity index (χ0n) is 21.8. The van der Waals surface area contributed by atoms with Gasteiger partial charge in [0.1, 0.15) is 18.1 Å². The van der Waals surface area contributed by atoms with Crippen molar-refractivity contribution in [3.63, 3.8) is 0 Å². The lowest BCUT2D eigenvalue weighted by Crippen LogP contribution is -2.36. The van der Waals surface area contributed by atoms with Crippen LogP contribution in [0.15, 0.2) is 101 Å². The van der Waals surface area contributed by atoms with E-state index in [1.165, 1.54) is 0 Å². The third-order valence-corrected chi connectivity index (χ3v) is 7.30. The molecule has 6 nitrogen and oxygen atoms in total. The summed E-state index contributed by atoms with van der Waals surface area (Å²) in [6, 6.07) is 25.0. The Kier molecular flexibility index (Phi) is 7.31. The van der Waals surface area contributed by atoms with E-state index >= 15 is 0 Å². The van der Waals surface area contributed by atoms with Crippen LogP contribution in [0.2, 0.25) is 0 Å². The largest absolute Gasteiger partial charge is 0.497 e. The van der Waals surface area contributed by atoms with Gasteiger partial charge in [0.2, 0.25) is 0 Å². The van der Waals surface area contributed by atoms with Crippen LogP contribution in [0.5, 0.6) is 11.5 Å². The van der Waals surface area contributed by atoms with Gasteiger partial charge in [-0.25, -0.2) is 4.79 Å². The molecule has 2 atom stereocenters. The highest BCUT2D eigenvalue weighted by atomic mass is 16.5. The van der Waals surface area contributed by atoms with E-state index in [4.69, 9.17) is 14.2 Å². The van der Waals surface area contributed by atoms with Crippen molar-refractivity contribution < 1.29 is 23.8 Å². The number of esters is 1. The van der Waals surface area contributed by atoms with Crippen molar-refractivity contribution >= 4 is 11.8 Å². The summed E-state index contributed by atoms with van der Waals surface area (Å²) in [5.41, 5.74) is 5.31. The van der Waals surface area contributed by atoms with Crippen molar-refractivity contribution in [2.75, 3.05) is 14.2 Å². The molecule has 2 aliphatic rings. The lowest BCUT2D eigenvalue weighted by molar-refractivity contribution is -0.140. The summed E-state index contributed by atoms with van der Waals surface area (Å²) < 4.78 is 16.7.